The highest BCUT2D eigenvalue weighted by molar-refractivity contribution is 7.18. The van der Waals surface area contributed by atoms with Crippen LogP contribution in [0.1, 0.15) is 18.0 Å². The van der Waals surface area contributed by atoms with Crippen molar-refractivity contribution in [2.45, 2.75) is 19.5 Å². The fraction of sp³-hybridized carbons (Fsp3) is 0.211. The molecule has 2 aromatic carbocycles. The van der Waals surface area contributed by atoms with Gasteiger partial charge < -0.3 is 4.90 Å². The third kappa shape index (κ3) is 3.19. The molecule has 0 saturated carbocycles. The number of nitrogens with zero attached hydrogens (tertiary/aromatic N) is 5. The van der Waals surface area contributed by atoms with Crippen LogP contribution in [0.5, 0.6) is 0 Å². The lowest BCUT2D eigenvalue weighted by molar-refractivity contribution is -0.132. The summed E-state index contributed by atoms with van der Waals surface area (Å²) in [6.07, 6.45) is 0. The number of rotatable bonds is 4. The summed E-state index contributed by atoms with van der Waals surface area (Å²) in [5.41, 5.74) is 1.11. The zero-order valence-electron chi connectivity index (χ0n) is 14.9. The summed E-state index contributed by atoms with van der Waals surface area (Å²) in [4.78, 5) is 31.4. The van der Waals surface area contributed by atoms with E-state index in [1.165, 1.54) is 0 Å². The Morgan fingerprint density at radius 2 is 1.85 bits per heavy atom. The fourth-order valence-electron chi connectivity index (χ4n) is 2.82. The zero-order chi connectivity index (χ0) is 19.0. The highest BCUT2D eigenvalue weighted by atomic mass is 32.1. The fourth-order valence-corrected chi connectivity index (χ4v) is 3.88. The lowest BCUT2D eigenvalue weighted by Crippen LogP contribution is -2.36. The molecule has 136 valence electrons. The first kappa shape index (κ1) is 17.3. The molecule has 1 atom stereocenters. The van der Waals surface area contributed by atoms with E-state index in [-0.39, 0.29) is 24.1 Å². The number of para-hydroxylation sites is 1. The first-order valence-electron chi connectivity index (χ1n) is 8.48. The average Bonchev–Trinajstić information content (AvgIpc) is 3.13. The van der Waals surface area contributed by atoms with Crippen LogP contribution >= 0.6 is 11.3 Å². The van der Waals surface area contributed by atoms with Gasteiger partial charge >= 0.3 is 0 Å². The Labute approximate surface area is 158 Å². The molecule has 0 spiro atoms. The molecule has 2 heterocycles. The van der Waals surface area contributed by atoms with Gasteiger partial charge in [-0.2, -0.15) is 0 Å². The molecular formula is C19H17N5O2S. The monoisotopic (exact) mass is 379 g/mol. The normalized spacial score (nSPS) is 12.4. The molecule has 2 aromatic heterocycles. The van der Waals surface area contributed by atoms with Crippen molar-refractivity contribution in [1.29, 1.82) is 0 Å². The van der Waals surface area contributed by atoms with E-state index in [4.69, 9.17) is 0 Å². The van der Waals surface area contributed by atoms with Crippen molar-refractivity contribution in [1.82, 2.24) is 24.9 Å². The largest absolute Gasteiger partial charge is 0.335 e. The van der Waals surface area contributed by atoms with Gasteiger partial charge in [0.15, 0.2) is 0 Å². The Morgan fingerprint density at radius 3 is 2.63 bits per heavy atom. The standard InChI is InChI=1S/C19H17N5O2S/c1-12(18-20-15-9-5-6-10-16(15)27-18)23(2)17(25)11-24-19(26)13-7-3-4-8-14(13)21-22-24/h3-10,12H,11H2,1-2H3/t12-/m1/s1. The van der Waals surface area contributed by atoms with Crippen molar-refractivity contribution < 1.29 is 4.79 Å². The number of likely N-dealkylation sites (N-methyl/N-ethyl adjacent to an activating group) is 1. The van der Waals surface area contributed by atoms with E-state index in [0.717, 1.165) is 19.9 Å². The van der Waals surface area contributed by atoms with Crippen molar-refractivity contribution in [2.75, 3.05) is 7.05 Å². The van der Waals surface area contributed by atoms with Gasteiger partial charge in [-0.25, -0.2) is 9.67 Å². The Morgan fingerprint density at radius 1 is 1.15 bits per heavy atom. The van der Waals surface area contributed by atoms with Crippen LogP contribution < -0.4 is 5.56 Å². The van der Waals surface area contributed by atoms with Gasteiger partial charge in [0.1, 0.15) is 17.1 Å². The molecule has 27 heavy (non-hydrogen) atoms. The predicted octanol–water partition coefficient (Wildman–Crippen LogP) is 2.62. The number of benzene rings is 2. The van der Waals surface area contributed by atoms with Gasteiger partial charge in [-0.3, -0.25) is 9.59 Å². The van der Waals surface area contributed by atoms with Crippen LogP contribution in [0.3, 0.4) is 0 Å². The lowest BCUT2D eigenvalue weighted by Gasteiger charge is -2.23. The maximum Gasteiger partial charge on any atom is 0.278 e. The topological polar surface area (TPSA) is 81.0 Å². The Hall–Kier alpha value is -3.13. The molecule has 0 N–H and O–H groups in total. The van der Waals surface area contributed by atoms with Crippen LogP contribution in [0.4, 0.5) is 0 Å². The van der Waals surface area contributed by atoms with Gasteiger partial charge in [-0.05, 0) is 31.2 Å². The minimum atomic E-state index is -0.324. The summed E-state index contributed by atoms with van der Waals surface area (Å²) in [6.45, 7) is 1.76. The van der Waals surface area contributed by atoms with Crippen molar-refractivity contribution in [3.63, 3.8) is 0 Å². The third-order valence-electron chi connectivity index (χ3n) is 4.56. The van der Waals surface area contributed by atoms with Crippen molar-refractivity contribution in [2.24, 2.45) is 0 Å². The number of hydrogen-bond donors (Lipinski definition) is 0. The van der Waals surface area contributed by atoms with E-state index < -0.39 is 0 Å². The van der Waals surface area contributed by atoms with Crippen LogP contribution in [0, 0.1) is 0 Å². The number of aromatic nitrogens is 4. The van der Waals surface area contributed by atoms with Crippen molar-refractivity contribution in [3.05, 3.63) is 63.9 Å². The Kier molecular flexibility index (Phi) is 4.41. The van der Waals surface area contributed by atoms with Crippen LogP contribution in [-0.2, 0) is 11.3 Å². The quantitative estimate of drug-likeness (QED) is 0.544. The number of carbonyl (C=O) groups excluding carboxylic acids is 1. The summed E-state index contributed by atoms with van der Waals surface area (Å²) in [5, 5.41) is 9.20. The molecule has 0 aliphatic heterocycles. The van der Waals surface area contributed by atoms with Gasteiger partial charge in [0.05, 0.1) is 21.6 Å². The van der Waals surface area contributed by atoms with E-state index in [2.05, 4.69) is 15.3 Å². The Balaban J connectivity index is 1.57. The van der Waals surface area contributed by atoms with Crippen LogP contribution in [0.2, 0.25) is 0 Å². The molecule has 4 rings (SSSR count). The first-order valence-corrected chi connectivity index (χ1v) is 9.30. The molecule has 7 nitrogen and oxygen atoms in total. The summed E-state index contributed by atoms with van der Waals surface area (Å²) < 4.78 is 2.18. The average molecular weight is 379 g/mol. The van der Waals surface area contributed by atoms with Crippen molar-refractivity contribution >= 4 is 38.4 Å². The smallest absolute Gasteiger partial charge is 0.278 e. The van der Waals surface area contributed by atoms with Gasteiger partial charge in [-0.1, -0.05) is 29.5 Å². The maximum atomic E-state index is 12.7. The van der Waals surface area contributed by atoms with Crippen molar-refractivity contribution in [3.8, 4) is 0 Å². The van der Waals surface area contributed by atoms with Crippen LogP contribution in [0.15, 0.2) is 53.3 Å². The molecule has 8 heteroatoms. The first-order chi connectivity index (χ1) is 13.0. The van der Waals surface area contributed by atoms with Gasteiger partial charge in [0, 0.05) is 7.05 Å². The molecule has 4 aromatic rings. The molecule has 0 aliphatic rings. The van der Waals surface area contributed by atoms with Crippen LogP contribution in [0.25, 0.3) is 21.1 Å². The minimum absolute atomic E-state index is 0.164. The molecule has 0 aliphatic carbocycles. The predicted molar refractivity (Wildman–Crippen MR) is 105 cm³/mol. The molecular weight excluding hydrogens is 362 g/mol. The summed E-state index contributed by atoms with van der Waals surface area (Å²) in [6, 6.07) is 14.6. The van der Waals surface area contributed by atoms with E-state index in [1.807, 2.05) is 31.2 Å². The minimum Gasteiger partial charge on any atom is -0.335 e. The highest BCUT2D eigenvalue weighted by Gasteiger charge is 2.22. The molecule has 0 bridgehead atoms. The van der Waals surface area contributed by atoms with E-state index >= 15 is 0 Å². The molecule has 0 fully saturated rings. The number of amides is 1. The van der Waals surface area contributed by atoms with E-state index in [0.29, 0.717) is 10.9 Å². The maximum absolute atomic E-state index is 12.7. The summed E-state index contributed by atoms with van der Waals surface area (Å²) >= 11 is 1.56. The number of fused-ring (bicyclic) bond motifs is 2. The van der Waals surface area contributed by atoms with Gasteiger partial charge in [-0.15, -0.1) is 16.4 Å². The third-order valence-corrected chi connectivity index (χ3v) is 5.76. The summed E-state index contributed by atoms with van der Waals surface area (Å²) in [7, 11) is 1.71. The second kappa shape index (κ2) is 6.88. The van der Waals surface area contributed by atoms with Gasteiger partial charge in [0.2, 0.25) is 5.91 Å². The number of hydrogen-bond acceptors (Lipinski definition) is 6. The summed E-state index contributed by atoms with van der Waals surface area (Å²) in [5.74, 6) is -0.228. The molecule has 0 radical (unpaired) electrons. The van der Waals surface area contributed by atoms with E-state index in [1.54, 1.807) is 47.5 Å². The highest BCUT2D eigenvalue weighted by Crippen LogP contribution is 2.28. The molecule has 0 saturated heterocycles. The second-order valence-corrected chi connectivity index (χ2v) is 7.33. The van der Waals surface area contributed by atoms with E-state index in [9.17, 15) is 9.59 Å². The number of thiazole rings is 1. The SMILES string of the molecule is C[C@H](c1nc2ccccc2s1)N(C)C(=O)Cn1nnc2ccccc2c1=O. The van der Waals surface area contributed by atoms with Gasteiger partial charge in [0.25, 0.3) is 5.56 Å². The zero-order valence-corrected chi connectivity index (χ0v) is 15.7. The molecule has 1 amide bonds. The molecule has 0 unspecified atom stereocenters. The second-order valence-electron chi connectivity index (χ2n) is 6.27. The Bertz CT molecular complexity index is 1170. The number of carbonyl (C=O) groups is 1. The van der Waals surface area contributed by atoms with Crippen LogP contribution in [-0.4, -0.2) is 37.8 Å². The lowest BCUT2D eigenvalue weighted by atomic mass is 10.2.